The van der Waals surface area contributed by atoms with Crippen LogP contribution in [0.15, 0.2) is 35.7 Å². The molecule has 2 N–H and O–H groups in total. The fourth-order valence-corrected chi connectivity index (χ4v) is 3.32. The Balaban J connectivity index is 1.68. The number of nitrogens with zero attached hydrogens (tertiary/aromatic N) is 1. The smallest absolute Gasteiger partial charge is 0.321 e. The summed E-state index contributed by atoms with van der Waals surface area (Å²) in [6, 6.07) is 10.0. The second kappa shape index (κ2) is 5.95. The highest BCUT2D eigenvalue weighted by Gasteiger charge is 2.20. The van der Waals surface area contributed by atoms with E-state index in [2.05, 4.69) is 22.9 Å². The third kappa shape index (κ3) is 3.14. The molecule has 6 heteroatoms. The van der Waals surface area contributed by atoms with Crippen LogP contribution in [-0.4, -0.2) is 19.1 Å². The molecule has 3 rings (SSSR count). The van der Waals surface area contributed by atoms with E-state index >= 15 is 0 Å². The number of urea groups is 1. The van der Waals surface area contributed by atoms with E-state index in [1.165, 1.54) is 16.9 Å². The Bertz CT molecular complexity index is 641. The number of thiophene rings is 1. The van der Waals surface area contributed by atoms with Crippen molar-refractivity contribution in [2.45, 2.75) is 13.0 Å². The van der Waals surface area contributed by atoms with Gasteiger partial charge in [0.15, 0.2) is 0 Å². The van der Waals surface area contributed by atoms with Crippen molar-refractivity contribution in [3.8, 4) is 0 Å². The first kappa shape index (κ1) is 14.2. The van der Waals surface area contributed by atoms with E-state index in [0.29, 0.717) is 6.54 Å². The number of hydrogen-bond donors (Lipinski definition) is 2. The van der Waals surface area contributed by atoms with E-state index in [9.17, 15) is 4.79 Å². The lowest BCUT2D eigenvalue weighted by Crippen LogP contribution is -2.27. The number of carbonyl (C=O) groups is 1. The van der Waals surface area contributed by atoms with Gasteiger partial charge in [-0.2, -0.15) is 0 Å². The van der Waals surface area contributed by atoms with Crippen LogP contribution in [0.3, 0.4) is 0 Å². The highest BCUT2D eigenvalue weighted by atomic mass is 35.5. The molecule has 0 aliphatic carbocycles. The third-order valence-corrected chi connectivity index (χ3v) is 4.62. The third-order valence-electron chi connectivity index (χ3n) is 3.51. The number of hydrogen-bond acceptors (Lipinski definition) is 3. The molecule has 0 spiro atoms. The molecule has 1 aliphatic heterocycles. The van der Waals surface area contributed by atoms with Gasteiger partial charge in [0, 0.05) is 30.5 Å². The lowest BCUT2D eigenvalue weighted by atomic mass is 10.1. The molecule has 0 radical (unpaired) electrons. The van der Waals surface area contributed by atoms with Crippen LogP contribution >= 0.6 is 22.9 Å². The topological polar surface area (TPSA) is 44.4 Å². The summed E-state index contributed by atoms with van der Waals surface area (Å²) in [5, 5.41) is 8.29. The molecule has 2 amide bonds. The number of carbonyl (C=O) groups excluding carboxylic acids is 1. The second-order valence-corrected chi connectivity index (χ2v) is 6.52. The maximum absolute atomic E-state index is 11.6. The summed E-state index contributed by atoms with van der Waals surface area (Å²) in [5.41, 5.74) is 3.11. The number of amides is 2. The standard InChI is InChI=1S/C15H16ClN3OS/c1-10(11-8-14(16)21-9-11)18-12-2-4-13(5-3-12)19-7-6-17-15(19)20/h2-5,8-10,18H,6-7H2,1H3,(H,17,20). The summed E-state index contributed by atoms with van der Waals surface area (Å²) in [7, 11) is 0. The normalized spacial score (nSPS) is 15.9. The first-order chi connectivity index (χ1) is 10.1. The fraction of sp³-hybridized carbons (Fsp3) is 0.267. The van der Waals surface area contributed by atoms with Gasteiger partial charge in [-0.1, -0.05) is 11.6 Å². The van der Waals surface area contributed by atoms with Crippen LogP contribution in [0.2, 0.25) is 4.34 Å². The van der Waals surface area contributed by atoms with E-state index in [-0.39, 0.29) is 12.1 Å². The number of anilines is 2. The van der Waals surface area contributed by atoms with Crippen LogP contribution in [0.5, 0.6) is 0 Å². The lowest BCUT2D eigenvalue weighted by Gasteiger charge is -2.17. The van der Waals surface area contributed by atoms with Crippen molar-refractivity contribution in [2.24, 2.45) is 0 Å². The fourth-order valence-electron chi connectivity index (χ4n) is 2.34. The zero-order chi connectivity index (χ0) is 14.8. The average molecular weight is 322 g/mol. The van der Waals surface area contributed by atoms with Gasteiger partial charge in [0.25, 0.3) is 0 Å². The van der Waals surface area contributed by atoms with Crippen molar-refractivity contribution in [1.29, 1.82) is 0 Å². The molecule has 1 fully saturated rings. The Morgan fingerprint density at radius 1 is 1.38 bits per heavy atom. The van der Waals surface area contributed by atoms with E-state index in [0.717, 1.165) is 22.3 Å². The predicted octanol–water partition coefficient (Wildman–Crippen LogP) is 4.10. The number of nitrogens with one attached hydrogen (secondary N) is 2. The lowest BCUT2D eigenvalue weighted by molar-refractivity contribution is 0.252. The molecule has 1 saturated heterocycles. The van der Waals surface area contributed by atoms with Crippen LogP contribution < -0.4 is 15.5 Å². The summed E-state index contributed by atoms with van der Waals surface area (Å²) in [4.78, 5) is 13.4. The van der Waals surface area contributed by atoms with E-state index in [4.69, 9.17) is 11.6 Å². The van der Waals surface area contributed by atoms with Crippen LogP contribution in [0, 0.1) is 0 Å². The minimum atomic E-state index is -0.0306. The molecule has 1 aromatic carbocycles. The average Bonchev–Trinajstić information content (AvgIpc) is 3.08. The van der Waals surface area contributed by atoms with Gasteiger partial charge in [0.1, 0.15) is 0 Å². The number of halogens is 1. The molecule has 0 bridgehead atoms. The minimum absolute atomic E-state index is 0.0306. The molecule has 2 heterocycles. The molecular formula is C15H16ClN3OS. The van der Waals surface area contributed by atoms with Gasteiger partial charge in [0.2, 0.25) is 0 Å². The van der Waals surface area contributed by atoms with Crippen molar-refractivity contribution in [1.82, 2.24) is 5.32 Å². The molecule has 1 aliphatic rings. The van der Waals surface area contributed by atoms with Gasteiger partial charge in [-0.25, -0.2) is 4.79 Å². The van der Waals surface area contributed by atoms with Crippen molar-refractivity contribution in [2.75, 3.05) is 23.3 Å². The molecule has 0 saturated carbocycles. The molecular weight excluding hydrogens is 306 g/mol. The zero-order valence-electron chi connectivity index (χ0n) is 11.6. The van der Waals surface area contributed by atoms with Crippen LogP contribution in [0.25, 0.3) is 0 Å². The second-order valence-electron chi connectivity index (χ2n) is 4.98. The molecule has 110 valence electrons. The van der Waals surface area contributed by atoms with E-state index in [1.807, 2.05) is 30.3 Å². The molecule has 1 aromatic heterocycles. The van der Waals surface area contributed by atoms with Crippen LogP contribution in [0.4, 0.5) is 16.2 Å². The Labute approximate surface area is 132 Å². The van der Waals surface area contributed by atoms with Crippen molar-refractivity contribution >= 4 is 40.3 Å². The molecule has 2 aromatic rings. The first-order valence-corrected chi connectivity index (χ1v) is 8.05. The van der Waals surface area contributed by atoms with E-state index < -0.39 is 0 Å². The maximum atomic E-state index is 11.6. The van der Waals surface area contributed by atoms with Gasteiger partial charge in [-0.3, -0.25) is 4.90 Å². The van der Waals surface area contributed by atoms with Gasteiger partial charge >= 0.3 is 6.03 Å². The van der Waals surface area contributed by atoms with Gasteiger partial charge in [0.05, 0.1) is 4.34 Å². The monoisotopic (exact) mass is 321 g/mol. The molecule has 1 unspecified atom stereocenters. The Morgan fingerprint density at radius 2 is 2.14 bits per heavy atom. The Hall–Kier alpha value is -1.72. The Morgan fingerprint density at radius 3 is 2.71 bits per heavy atom. The highest BCUT2D eigenvalue weighted by Crippen LogP contribution is 2.28. The number of rotatable bonds is 4. The van der Waals surface area contributed by atoms with E-state index in [1.54, 1.807) is 4.90 Å². The van der Waals surface area contributed by atoms with Crippen molar-refractivity contribution < 1.29 is 4.79 Å². The summed E-state index contributed by atoms with van der Waals surface area (Å²) < 4.78 is 0.800. The quantitative estimate of drug-likeness (QED) is 0.890. The summed E-state index contributed by atoms with van der Waals surface area (Å²) in [6.45, 7) is 3.52. The van der Waals surface area contributed by atoms with Gasteiger partial charge in [-0.05, 0) is 48.2 Å². The Kier molecular flexibility index (Phi) is 4.03. The maximum Gasteiger partial charge on any atom is 0.321 e. The summed E-state index contributed by atoms with van der Waals surface area (Å²) >= 11 is 7.50. The van der Waals surface area contributed by atoms with Gasteiger partial charge in [-0.15, -0.1) is 11.3 Å². The summed E-state index contributed by atoms with van der Waals surface area (Å²) in [6.07, 6.45) is 0. The molecule has 4 nitrogen and oxygen atoms in total. The van der Waals surface area contributed by atoms with Crippen LogP contribution in [0.1, 0.15) is 18.5 Å². The van der Waals surface area contributed by atoms with Crippen molar-refractivity contribution in [3.05, 3.63) is 45.6 Å². The predicted molar refractivity (Wildman–Crippen MR) is 88.6 cm³/mol. The number of benzene rings is 1. The largest absolute Gasteiger partial charge is 0.378 e. The molecule has 1 atom stereocenters. The van der Waals surface area contributed by atoms with Crippen LogP contribution in [-0.2, 0) is 0 Å². The highest BCUT2D eigenvalue weighted by molar-refractivity contribution is 7.14. The minimum Gasteiger partial charge on any atom is -0.378 e. The zero-order valence-corrected chi connectivity index (χ0v) is 13.2. The van der Waals surface area contributed by atoms with Crippen molar-refractivity contribution in [3.63, 3.8) is 0 Å². The first-order valence-electron chi connectivity index (χ1n) is 6.79. The SMILES string of the molecule is CC(Nc1ccc(N2CCNC2=O)cc1)c1csc(Cl)c1. The molecule has 21 heavy (non-hydrogen) atoms. The van der Waals surface area contributed by atoms with Gasteiger partial charge < -0.3 is 10.6 Å². The summed E-state index contributed by atoms with van der Waals surface area (Å²) in [5.74, 6) is 0.